The van der Waals surface area contributed by atoms with Gasteiger partial charge >= 0.3 is 0 Å². The molecule has 0 unspecified atom stereocenters. The first kappa shape index (κ1) is 9.88. The van der Waals surface area contributed by atoms with Crippen LogP contribution < -0.4 is 5.32 Å². The molecule has 0 aromatic carbocycles. The lowest BCUT2D eigenvalue weighted by Crippen LogP contribution is -2.21. The number of nitrogens with zero attached hydrogens (tertiary/aromatic N) is 2. The third kappa shape index (κ3) is 4.31. The molecule has 0 aromatic heterocycles. The number of hydrogen-bond acceptors (Lipinski definition) is 1. The molecule has 0 bridgehead atoms. The quantitative estimate of drug-likeness (QED) is 0.470. The number of rotatable bonds is 2. The summed E-state index contributed by atoms with van der Waals surface area (Å²) in [5.74, 6) is 0.657. The van der Waals surface area contributed by atoms with E-state index in [1.165, 1.54) is 0 Å². The third-order valence-electron chi connectivity index (χ3n) is 1.12. The summed E-state index contributed by atoms with van der Waals surface area (Å²) in [6, 6.07) is 0. The van der Waals surface area contributed by atoms with Crippen molar-refractivity contribution in [2.75, 3.05) is 13.6 Å². The van der Waals surface area contributed by atoms with Crippen molar-refractivity contribution in [1.29, 1.82) is 0 Å². The average molecular weight is 153 g/mol. The molecule has 0 radical (unpaired) electrons. The summed E-state index contributed by atoms with van der Waals surface area (Å²) in [4.78, 5) is 8.08. The van der Waals surface area contributed by atoms with Crippen molar-refractivity contribution in [1.82, 2.24) is 5.32 Å². The zero-order valence-corrected chi connectivity index (χ0v) is 7.39. The molecule has 0 spiro atoms. The molecule has 0 aliphatic carbocycles. The van der Waals surface area contributed by atoms with Crippen molar-refractivity contribution in [3.8, 4) is 0 Å². The first-order valence-corrected chi connectivity index (χ1v) is 3.63. The van der Waals surface area contributed by atoms with E-state index in [-0.39, 0.29) is 0 Å². The Morgan fingerprint density at radius 2 is 2.27 bits per heavy atom. The van der Waals surface area contributed by atoms with Crippen molar-refractivity contribution in [3.63, 3.8) is 0 Å². The second-order valence-electron chi connectivity index (χ2n) is 2.03. The van der Waals surface area contributed by atoms with E-state index in [2.05, 4.69) is 21.9 Å². The largest absolute Gasteiger partial charge is 0.355 e. The van der Waals surface area contributed by atoms with Crippen LogP contribution in [0.25, 0.3) is 0 Å². The first-order valence-electron chi connectivity index (χ1n) is 3.63. The minimum atomic E-state index is 0.657. The Kier molecular flexibility index (Phi) is 5.07. The van der Waals surface area contributed by atoms with Gasteiger partial charge < -0.3 is 5.32 Å². The van der Waals surface area contributed by atoms with E-state index >= 15 is 0 Å². The van der Waals surface area contributed by atoms with Crippen molar-refractivity contribution in [2.45, 2.75) is 13.8 Å². The average Bonchev–Trinajstić information content (AvgIpc) is 2.03. The van der Waals surface area contributed by atoms with E-state index in [1.54, 1.807) is 13.1 Å². The Morgan fingerprint density at radius 3 is 2.64 bits per heavy atom. The number of hydrogen-bond donors (Lipinski definition) is 1. The molecule has 0 fully saturated rings. The van der Waals surface area contributed by atoms with Gasteiger partial charge in [-0.15, -0.1) is 0 Å². The van der Waals surface area contributed by atoms with E-state index in [9.17, 15) is 0 Å². The van der Waals surface area contributed by atoms with Crippen LogP contribution in [0.3, 0.4) is 0 Å². The lowest BCUT2D eigenvalue weighted by Gasteiger charge is -2.00. The predicted molar refractivity (Wildman–Crippen MR) is 50.3 cm³/mol. The Bertz CT molecular complexity index is 180. The van der Waals surface area contributed by atoms with Crippen LogP contribution in [0.1, 0.15) is 13.8 Å². The molecule has 0 saturated heterocycles. The maximum atomic E-state index is 4.14. The van der Waals surface area contributed by atoms with Gasteiger partial charge in [-0.1, -0.05) is 6.58 Å². The Labute approximate surface area is 67.9 Å². The molecule has 62 valence electrons. The van der Waals surface area contributed by atoms with Gasteiger partial charge in [0, 0.05) is 19.3 Å². The highest BCUT2D eigenvalue weighted by molar-refractivity contribution is 6.01. The van der Waals surface area contributed by atoms with Gasteiger partial charge in [0.1, 0.15) is 0 Å². The van der Waals surface area contributed by atoms with Crippen LogP contribution in [0.5, 0.6) is 0 Å². The summed E-state index contributed by atoms with van der Waals surface area (Å²) in [5, 5.41) is 3.01. The predicted octanol–water partition coefficient (Wildman–Crippen LogP) is 1.23. The molecular weight excluding hydrogens is 138 g/mol. The van der Waals surface area contributed by atoms with Crippen LogP contribution in [0.15, 0.2) is 22.6 Å². The maximum Gasteiger partial charge on any atom is 0.217 e. The summed E-state index contributed by atoms with van der Waals surface area (Å²) < 4.78 is 0. The van der Waals surface area contributed by atoms with Crippen LogP contribution in [-0.2, 0) is 0 Å². The number of guanidine groups is 1. The van der Waals surface area contributed by atoms with Crippen LogP contribution >= 0.6 is 0 Å². The van der Waals surface area contributed by atoms with E-state index in [0.717, 1.165) is 12.3 Å². The summed E-state index contributed by atoms with van der Waals surface area (Å²) in [5.41, 5.74) is 0.867. The highest BCUT2D eigenvalue weighted by Crippen LogP contribution is 1.81. The Hall–Kier alpha value is -1.12. The lowest BCUT2D eigenvalue weighted by molar-refractivity contribution is 0.950. The van der Waals surface area contributed by atoms with Crippen LogP contribution in [0.2, 0.25) is 0 Å². The molecule has 0 aliphatic rings. The highest BCUT2D eigenvalue weighted by atomic mass is 15.1. The number of nitrogens with one attached hydrogen (secondary N) is 1. The fraction of sp³-hybridized carbons (Fsp3) is 0.500. The highest BCUT2D eigenvalue weighted by Gasteiger charge is 1.90. The van der Waals surface area contributed by atoms with E-state index in [1.807, 2.05) is 13.8 Å². The molecule has 0 saturated carbocycles. The SMILES string of the molecule is C=C/C(C)=N\C(=NC)NCC. The van der Waals surface area contributed by atoms with E-state index < -0.39 is 0 Å². The summed E-state index contributed by atoms with van der Waals surface area (Å²) in [6.07, 6.45) is 1.70. The molecule has 3 nitrogen and oxygen atoms in total. The minimum absolute atomic E-state index is 0.657. The molecule has 0 atom stereocenters. The fourth-order valence-corrected chi connectivity index (χ4v) is 0.539. The molecular formula is C8H15N3. The molecule has 1 N–H and O–H groups in total. The van der Waals surface area contributed by atoms with Gasteiger partial charge in [-0.3, -0.25) is 4.99 Å². The molecule has 11 heavy (non-hydrogen) atoms. The van der Waals surface area contributed by atoms with Crippen molar-refractivity contribution < 1.29 is 0 Å². The number of allylic oxidation sites excluding steroid dienone is 1. The molecule has 0 aliphatic heterocycles. The topological polar surface area (TPSA) is 36.8 Å². The molecule has 0 amide bonds. The second-order valence-corrected chi connectivity index (χ2v) is 2.03. The summed E-state index contributed by atoms with van der Waals surface area (Å²) in [6.45, 7) is 8.32. The van der Waals surface area contributed by atoms with Gasteiger partial charge in [-0.2, -0.15) is 0 Å². The third-order valence-corrected chi connectivity index (χ3v) is 1.12. The first-order chi connectivity index (χ1) is 5.24. The van der Waals surface area contributed by atoms with Crippen molar-refractivity contribution in [3.05, 3.63) is 12.7 Å². The van der Waals surface area contributed by atoms with Gasteiger partial charge in [0.25, 0.3) is 0 Å². The van der Waals surface area contributed by atoms with E-state index in [0.29, 0.717) is 5.96 Å². The molecule has 0 aromatic rings. The van der Waals surface area contributed by atoms with Gasteiger partial charge in [0.15, 0.2) is 0 Å². The monoisotopic (exact) mass is 153 g/mol. The van der Waals surface area contributed by atoms with Gasteiger partial charge in [0.2, 0.25) is 5.96 Å². The van der Waals surface area contributed by atoms with Gasteiger partial charge in [-0.25, -0.2) is 4.99 Å². The van der Waals surface area contributed by atoms with Crippen molar-refractivity contribution in [2.24, 2.45) is 9.98 Å². The van der Waals surface area contributed by atoms with Gasteiger partial charge in [0.05, 0.1) is 0 Å². The molecule has 0 heterocycles. The molecule has 0 rings (SSSR count). The Balaban J connectivity index is 4.18. The van der Waals surface area contributed by atoms with Crippen molar-refractivity contribution >= 4 is 11.7 Å². The summed E-state index contributed by atoms with van der Waals surface area (Å²) in [7, 11) is 1.71. The second kappa shape index (κ2) is 5.65. The lowest BCUT2D eigenvalue weighted by atomic mass is 10.4. The fourth-order valence-electron chi connectivity index (χ4n) is 0.539. The van der Waals surface area contributed by atoms with E-state index in [4.69, 9.17) is 0 Å². The maximum absolute atomic E-state index is 4.14. The Morgan fingerprint density at radius 1 is 1.64 bits per heavy atom. The molecule has 3 heteroatoms. The normalized spacial score (nSPS) is 13.0. The smallest absolute Gasteiger partial charge is 0.217 e. The number of aliphatic imine (C=N–C) groups is 2. The van der Waals surface area contributed by atoms with Crippen LogP contribution in [0.4, 0.5) is 0 Å². The zero-order chi connectivity index (χ0) is 8.69. The zero-order valence-electron chi connectivity index (χ0n) is 7.39. The van der Waals surface area contributed by atoms with Crippen LogP contribution in [0, 0.1) is 0 Å². The minimum Gasteiger partial charge on any atom is -0.355 e. The summed E-state index contributed by atoms with van der Waals surface area (Å²) >= 11 is 0. The standard InChI is InChI=1S/C8H15N3/c1-5-7(3)11-8(9-4)10-6-2/h5H,1,6H2,2-4H3,(H,9,10)/b11-7-. The van der Waals surface area contributed by atoms with Crippen LogP contribution in [-0.4, -0.2) is 25.3 Å². The van der Waals surface area contributed by atoms with Gasteiger partial charge in [-0.05, 0) is 19.9 Å².